The highest BCUT2D eigenvalue weighted by Crippen LogP contribution is 2.32. The first kappa shape index (κ1) is 28.1. The van der Waals surface area contributed by atoms with Crippen LogP contribution in [0.5, 0.6) is 0 Å². The molecule has 2 amide bonds. The van der Waals surface area contributed by atoms with E-state index < -0.39 is 34.6 Å². The minimum Gasteiger partial charge on any atom is -0.352 e. The van der Waals surface area contributed by atoms with Crippen molar-refractivity contribution in [2.45, 2.75) is 24.0 Å². The fraction of sp³-hybridized carbons (Fsp3) is 0.217. The third-order valence-electron chi connectivity index (χ3n) is 5.60. The fourth-order valence-corrected chi connectivity index (χ4v) is 4.76. The number of halogens is 4. The molecule has 0 unspecified atom stereocenters. The van der Waals surface area contributed by atoms with Crippen molar-refractivity contribution in [3.05, 3.63) is 59.2 Å². The van der Waals surface area contributed by atoms with Crippen LogP contribution in [0.2, 0.25) is 5.02 Å². The SMILES string of the molecule is CNS(=O)(=O)c1ccccc1Nc1nc(Nc2ccc3c(c2)CNC(=O)CCN3C(=O)C(F)(F)F)ncc1Cl. The Bertz CT molecular complexity index is 1540. The van der Waals surface area contributed by atoms with Gasteiger partial charge in [0.1, 0.15) is 9.92 Å². The van der Waals surface area contributed by atoms with Crippen molar-refractivity contribution in [3.63, 3.8) is 0 Å². The lowest BCUT2D eigenvalue weighted by molar-refractivity contribution is -0.170. The second kappa shape index (κ2) is 11.0. The van der Waals surface area contributed by atoms with E-state index in [1.807, 2.05) is 0 Å². The highest BCUT2D eigenvalue weighted by Gasteiger charge is 2.43. The van der Waals surface area contributed by atoms with Crippen molar-refractivity contribution >= 4 is 62.3 Å². The first-order chi connectivity index (χ1) is 18.4. The van der Waals surface area contributed by atoms with Gasteiger partial charge in [-0.15, -0.1) is 0 Å². The molecule has 0 aliphatic carbocycles. The zero-order chi connectivity index (χ0) is 28.4. The maximum Gasteiger partial charge on any atom is 0.471 e. The van der Waals surface area contributed by atoms with Gasteiger partial charge in [0.2, 0.25) is 21.9 Å². The van der Waals surface area contributed by atoms with Crippen molar-refractivity contribution in [1.29, 1.82) is 0 Å². The molecule has 0 saturated heterocycles. The molecule has 1 aliphatic heterocycles. The molecule has 39 heavy (non-hydrogen) atoms. The minimum atomic E-state index is -5.12. The predicted molar refractivity (Wildman–Crippen MR) is 138 cm³/mol. The van der Waals surface area contributed by atoms with Gasteiger partial charge in [0.05, 0.1) is 11.9 Å². The van der Waals surface area contributed by atoms with Crippen molar-refractivity contribution in [3.8, 4) is 0 Å². The van der Waals surface area contributed by atoms with Crippen LogP contribution in [-0.2, 0) is 26.2 Å². The second-order valence-electron chi connectivity index (χ2n) is 8.17. The second-order valence-corrected chi connectivity index (χ2v) is 10.4. The number of benzene rings is 2. The highest BCUT2D eigenvalue weighted by molar-refractivity contribution is 7.89. The number of carbonyl (C=O) groups excluding carboxylic acids is 2. The van der Waals surface area contributed by atoms with Crippen LogP contribution in [0.4, 0.5) is 42.0 Å². The molecule has 0 radical (unpaired) electrons. The molecule has 2 heterocycles. The molecule has 0 saturated carbocycles. The lowest BCUT2D eigenvalue weighted by Gasteiger charge is -2.28. The average Bonchev–Trinajstić information content (AvgIpc) is 2.88. The van der Waals surface area contributed by atoms with Gasteiger partial charge < -0.3 is 20.9 Å². The van der Waals surface area contributed by atoms with Crippen LogP contribution >= 0.6 is 11.6 Å². The summed E-state index contributed by atoms with van der Waals surface area (Å²) in [5, 5.41) is 8.44. The zero-order valence-corrected chi connectivity index (χ0v) is 21.7. The van der Waals surface area contributed by atoms with Gasteiger partial charge in [0, 0.05) is 30.9 Å². The Balaban J connectivity index is 1.64. The van der Waals surface area contributed by atoms with Crippen LogP contribution in [0.1, 0.15) is 12.0 Å². The summed E-state index contributed by atoms with van der Waals surface area (Å²) in [6, 6.07) is 10.3. The molecule has 2 aromatic carbocycles. The highest BCUT2D eigenvalue weighted by atomic mass is 35.5. The van der Waals surface area contributed by atoms with Gasteiger partial charge in [0.15, 0.2) is 5.82 Å². The number of aromatic nitrogens is 2. The molecular weight excluding hydrogens is 563 g/mol. The summed E-state index contributed by atoms with van der Waals surface area (Å²) < 4.78 is 66.5. The number of amides is 2. The molecule has 3 aromatic rings. The van der Waals surface area contributed by atoms with Crippen LogP contribution in [0.3, 0.4) is 0 Å². The molecule has 11 nitrogen and oxygen atoms in total. The van der Waals surface area contributed by atoms with E-state index in [0.717, 1.165) is 0 Å². The van der Waals surface area contributed by atoms with Crippen LogP contribution < -0.4 is 25.6 Å². The lowest BCUT2D eigenvalue weighted by atomic mass is 10.1. The molecule has 4 N–H and O–H groups in total. The third kappa shape index (κ3) is 6.38. The van der Waals surface area contributed by atoms with Gasteiger partial charge in [-0.3, -0.25) is 9.59 Å². The normalized spacial score (nSPS) is 14.1. The number of fused-ring (bicyclic) bond motifs is 1. The molecule has 0 fully saturated rings. The number of nitrogens with one attached hydrogen (secondary N) is 4. The van der Waals surface area contributed by atoms with E-state index in [-0.39, 0.29) is 51.6 Å². The van der Waals surface area contributed by atoms with E-state index in [4.69, 9.17) is 11.6 Å². The topological polar surface area (TPSA) is 145 Å². The Kier molecular flexibility index (Phi) is 7.94. The average molecular weight is 584 g/mol. The molecule has 16 heteroatoms. The quantitative estimate of drug-likeness (QED) is 0.345. The van der Waals surface area contributed by atoms with E-state index in [0.29, 0.717) is 10.6 Å². The van der Waals surface area contributed by atoms with E-state index in [1.165, 1.54) is 43.6 Å². The number of anilines is 5. The molecule has 0 bridgehead atoms. The number of hydrogen-bond acceptors (Lipinski definition) is 8. The summed E-state index contributed by atoms with van der Waals surface area (Å²) in [4.78, 5) is 32.8. The Hall–Kier alpha value is -3.95. The van der Waals surface area contributed by atoms with Gasteiger partial charge >= 0.3 is 12.1 Å². The Labute approximate surface area is 225 Å². The third-order valence-corrected chi connectivity index (χ3v) is 7.34. The minimum absolute atomic E-state index is 0.00426. The van der Waals surface area contributed by atoms with Gasteiger partial charge in [-0.1, -0.05) is 23.7 Å². The fourth-order valence-electron chi connectivity index (χ4n) is 3.73. The Morgan fingerprint density at radius 2 is 1.90 bits per heavy atom. The monoisotopic (exact) mass is 583 g/mol. The molecule has 206 valence electrons. The van der Waals surface area contributed by atoms with Crippen molar-refractivity contribution in [2.24, 2.45) is 0 Å². The van der Waals surface area contributed by atoms with E-state index in [1.54, 1.807) is 12.1 Å². The number of para-hydroxylation sites is 1. The number of nitrogens with zero attached hydrogens (tertiary/aromatic N) is 3. The summed E-state index contributed by atoms with van der Waals surface area (Å²) in [7, 11) is -2.53. The molecule has 0 spiro atoms. The number of hydrogen-bond donors (Lipinski definition) is 4. The molecular formula is C23H21ClF3N7O4S. The summed E-state index contributed by atoms with van der Waals surface area (Å²) in [6.45, 7) is -0.555. The van der Waals surface area contributed by atoms with Gasteiger partial charge in [-0.05, 0) is 42.9 Å². The maximum atomic E-state index is 13.2. The van der Waals surface area contributed by atoms with E-state index in [9.17, 15) is 31.2 Å². The van der Waals surface area contributed by atoms with Crippen LogP contribution in [0, 0.1) is 0 Å². The molecule has 1 aliphatic rings. The van der Waals surface area contributed by atoms with Gasteiger partial charge in [0.25, 0.3) is 0 Å². The van der Waals surface area contributed by atoms with E-state index >= 15 is 0 Å². The summed E-state index contributed by atoms with van der Waals surface area (Å²) >= 11 is 6.22. The Morgan fingerprint density at radius 3 is 2.62 bits per heavy atom. The predicted octanol–water partition coefficient (Wildman–Crippen LogP) is 3.44. The number of carbonyl (C=O) groups is 2. The first-order valence-electron chi connectivity index (χ1n) is 11.3. The van der Waals surface area contributed by atoms with Crippen LogP contribution in [-0.4, -0.2) is 50.0 Å². The van der Waals surface area contributed by atoms with Crippen molar-refractivity contribution in [1.82, 2.24) is 20.0 Å². The van der Waals surface area contributed by atoms with Crippen molar-refractivity contribution < 1.29 is 31.2 Å². The summed E-state index contributed by atoms with van der Waals surface area (Å²) in [6.07, 6.45) is -4.13. The Morgan fingerprint density at radius 1 is 1.15 bits per heavy atom. The zero-order valence-electron chi connectivity index (χ0n) is 20.1. The number of alkyl halides is 3. The molecule has 4 rings (SSSR count). The van der Waals surface area contributed by atoms with Crippen molar-refractivity contribution in [2.75, 3.05) is 29.1 Å². The molecule has 1 aromatic heterocycles. The standard InChI is InChI=1S/C23H21ClF3N7O4S/c1-28-39(37,38)18-5-3-2-4-16(18)32-20-15(24)12-30-22(33-20)31-14-6-7-17-13(10-14)11-29-19(35)8-9-34(17)21(36)23(25,26)27/h2-7,10,12,28H,8-9,11H2,1H3,(H,29,35)(H2,30,31,32,33). The largest absolute Gasteiger partial charge is 0.471 e. The summed E-state index contributed by atoms with van der Waals surface area (Å²) in [5.74, 6) is -2.48. The summed E-state index contributed by atoms with van der Waals surface area (Å²) in [5.41, 5.74) is 0.799. The van der Waals surface area contributed by atoms with Crippen LogP contribution in [0.15, 0.2) is 53.6 Å². The number of sulfonamides is 1. The number of rotatable bonds is 6. The van der Waals surface area contributed by atoms with Gasteiger partial charge in [-0.2, -0.15) is 18.2 Å². The lowest BCUT2D eigenvalue weighted by Crippen LogP contribution is -2.45. The molecule has 0 atom stereocenters. The van der Waals surface area contributed by atoms with Gasteiger partial charge in [-0.25, -0.2) is 18.1 Å². The van der Waals surface area contributed by atoms with E-state index in [2.05, 4.69) is 30.6 Å². The smallest absolute Gasteiger partial charge is 0.352 e. The van der Waals surface area contributed by atoms with Crippen LogP contribution in [0.25, 0.3) is 0 Å². The first-order valence-corrected chi connectivity index (χ1v) is 13.1. The maximum absolute atomic E-state index is 13.2.